The Morgan fingerprint density at radius 1 is 1.28 bits per heavy atom. The number of alkyl halides is 3. The molecular formula is C15H16F3N3O3S. The maximum absolute atomic E-state index is 13.2. The van der Waals surface area contributed by atoms with E-state index in [2.05, 4.69) is 10.6 Å². The van der Waals surface area contributed by atoms with Crippen LogP contribution in [0.3, 0.4) is 0 Å². The first kappa shape index (κ1) is 19.1. The lowest BCUT2D eigenvalue weighted by molar-refractivity contribution is -0.137. The van der Waals surface area contributed by atoms with E-state index in [9.17, 15) is 27.6 Å². The fourth-order valence-electron chi connectivity index (χ4n) is 2.25. The zero-order chi connectivity index (χ0) is 18.6. The molecule has 1 heterocycles. The van der Waals surface area contributed by atoms with Gasteiger partial charge in [0, 0.05) is 37.9 Å². The quantitative estimate of drug-likeness (QED) is 0.829. The summed E-state index contributed by atoms with van der Waals surface area (Å²) in [6.07, 6.45) is -4.80. The second-order valence-electron chi connectivity index (χ2n) is 5.34. The number of amides is 3. The summed E-state index contributed by atoms with van der Waals surface area (Å²) >= 11 is 1.15. The fraction of sp³-hybridized carbons (Fsp3) is 0.400. The van der Waals surface area contributed by atoms with Crippen LogP contribution in [0.2, 0.25) is 0 Å². The predicted octanol–water partition coefficient (Wildman–Crippen LogP) is 3.16. The second kappa shape index (κ2) is 7.77. The molecule has 1 aromatic carbocycles. The van der Waals surface area contributed by atoms with E-state index in [1.165, 1.54) is 17.9 Å². The highest BCUT2D eigenvalue weighted by Gasteiger charge is 2.34. The lowest BCUT2D eigenvalue weighted by atomic mass is 10.1. The van der Waals surface area contributed by atoms with Crippen LogP contribution in [0.4, 0.5) is 29.3 Å². The number of benzene rings is 1. The summed E-state index contributed by atoms with van der Waals surface area (Å²) in [4.78, 5) is 35.8. The molecule has 0 saturated carbocycles. The van der Waals surface area contributed by atoms with Crippen molar-refractivity contribution >= 4 is 40.2 Å². The summed E-state index contributed by atoms with van der Waals surface area (Å²) in [5.41, 5.74) is -1.47. The highest BCUT2D eigenvalue weighted by molar-refractivity contribution is 8.13. The van der Waals surface area contributed by atoms with Gasteiger partial charge in [0.05, 0.1) is 11.3 Å². The van der Waals surface area contributed by atoms with Gasteiger partial charge in [0.25, 0.3) is 5.24 Å². The van der Waals surface area contributed by atoms with Crippen LogP contribution in [0, 0.1) is 0 Å². The van der Waals surface area contributed by atoms with Gasteiger partial charge in [-0.15, -0.1) is 0 Å². The van der Waals surface area contributed by atoms with Crippen molar-refractivity contribution in [2.24, 2.45) is 0 Å². The lowest BCUT2D eigenvalue weighted by Crippen LogP contribution is -2.28. The Bertz CT molecular complexity index is 694. The topological polar surface area (TPSA) is 78.5 Å². The van der Waals surface area contributed by atoms with Crippen molar-refractivity contribution in [2.75, 3.05) is 29.5 Å². The Morgan fingerprint density at radius 2 is 2.00 bits per heavy atom. The highest BCUT2D eigenvalue weighted by Crippen LogP contribution is 2.36. The average molecular weight is 375 g/mol. The van der Waals surface area contributed by atoms with Gasteiger partial charge in [0.1, 0.15) is 0 Å². The van der Waals surface area contributed by atoms with Crippen LogP contribution in [0.1, 0.15) is 18.9 Å². The Kier molecular flexibility index (Phi) is 5.93. The van der Waals surface area contributed by atoms with Gasteiger partial charge in [0.15, 0.2) is 0 Å². The molecule has 0 radical (unpaired) electrons. The minimum atomic E-state index is -4.70. The molecule has 1 aromatic rings. The first-order valence-corrected chi connectivity index (χ1v) is 8.36. The minimum absolute atomic E-state index is 0.0162. The Labute approximate surface area is 146 Å². The molecule has 0 atom stereocenters. The van der Waals surface area contributed by atoms with Crippen molar-refractivity contribution in [1.82, 2.24) is 4.90 Å². The number of carbonyl (C=O) groups is 3. The molecule has 10 heteroatoms. The first-order chi connectivity index (χ1) is 11.7. The maximum atomic E-state index is 13.2. The Hall–Kier alpha value is -2.23. The maximum Gasteiger partial charge on any atom is 0.418 e. The van der Waals surface area contributed by atoms with E-state index in [-0.39, 0.29) is 23.9 Å². The summed E-state index contributed by atoms with van der Waals surface area (Å²) in [5, 5.41) is 4.35. The third kappa shape index (κ3) is 5.38. The summed E-state index contributed by atoms with van der Waals surface area (Å²) < 4.78 is 39.5. The van der Waals surface area contributed by atoms with E-state index >= 15 is 0 Å². The molecule has 2 N–H and O–H groups in total. The number of anilines is 2. The molecular weight excluding hydrogens is 359 g/mol. The number of carbonyl (C=O) groups excluding carboxylic acids is 3. The number of halogens is 3. The molecule has 6 nitrogen and oxygen atoms in total. The third-order valence-electron chi connectivity index (χ3n) is 3.37. The number of nitrogens with zero attached hydrogens (tertiary/aromatic N) is 1. The molecule has 0 unspecified atom stereocenters. The molecule has 1 aliphatic rings. The van der Waals surface area contributed by atoms with Gasteiger partial charge < -0.3 is 15.5 Å². The SMILES string of the molecule is CC(=O)Nc1ccc(NC(=O)CCN2CCSC2=O)c(C(F)(F)F)c1. The van der Waals surface area contributed by atoms with Gasteiger partial charge in [0.2, 0.25) is 11.8 Å². The van der Waals surface area contributed by atoms with Gasteiger partial charge >= 0.3 is 6.18 Å². The Morgan fingerprint density at radius 3 is 2.56 bits per heavy atom. The highest BCUT2D eigenvalue weighted by atomic mass is 32.2. The predicted molar refractivity (Wildman–Crippen MR) is 88.4 cm³/mol. The van der Waals surface area contributed by atoms with Crippen molar-refractivity contribution in [1.29, 1.82) is 0 Å². The van der Waals surface area contributed by atoms with Crippen molar-refractivity contribution in [2.45, 2.75) is 19.5 Å². The van der Waals surface area contributed by atoms with E-state index in [1.54, 1.807) is 0 Å². The summed E-state index contributed by atoms with van der Waals surface area (Å²) in [6.45, 7) is 1.86. The van der Waals surface area contributed by atoms with Crippen LogP contribution in [-0.4, -0.2) is 40.8 Å². The standard InChI is InChI=1S/C15H16F3N3O3S/c1-9(22)19-10-2-3-12(11(8-10)15(16,17)18)20-13(23)4-5-21-6-7-25-14(21)24/h2-3,8H,4-7H2,1H3,(H,19,22)(H,20,23). The van der Waals surface area contributed by atoms with Crippen LogP contribution >= 0.6 is 11.8 Å². The van der Waals surface area contributed by atoms with Crippen LogP contribution in [0.25, 0.3) is 0 Å². The summed E-state index contributed by atoms with van der Waals surface area (Å²) in [5.74, 6) is -0.482. The zero-order valence-corrected chi connectivity index (χ0v) is 14.1. The molecule has 2 rings (SSSR count). The van der Waals surface area contributed by atoms with Gasteiger partial charge in [-0.25, -0.2) is 0 Å². The second-order valence-corrected chi connectivity index (χ2v) is 6.39. The average Bonchev–Trinajstić information content (AvgIpc) is 2.90. The largest absolute Gasteiger partial charge is 0.418 e. The number of hydrogen-bond donors (Lipinski definition) is 2. The fourth-order valence-corrected chi connectivity index (χ4v) is 3.10. The van der Waals surface area contributed by atoms with Gasteiger partial charge in [-0.3, -0.25) is 14.4 Å². The van der Waals surface area contributed by atoms with E-state index < -0.39 is 29.2 Å². The van der Waals surface area contributed by atoms with E-state index in [1.807, 2.05) is 0 Å². The van der Waals surface area contributed by atoms with E-state index in [4.69, 9.17) is 0 Å². The number of hydrogen-bond acceptors (Lipinski definition) is 4. The summed E-state index contributed by atoms with van der Waals surface area (Å²) in [7, 11) is 0. The van der Waals surface area contributed by atoms with Crippen molar-refractivity contribution < 1.29 is 27.6 Å². The lowest BCUT2D eigenvalue weighted by Gasteiger charge is -2.17. The van der Waals surface area contributed by atoms with E-state index in [0.29, 0.717) is 12.3 Å². The molecule has 3 amide bonds. The van der Waals surface area contributed by atoms with E-state index in [0.717, 1.165) is 23.9 Å². The Balaban J connectivity index is 2.07. The van der Waals surface area contributed by atoms with Crippen LogP contribution in [-0.2, 0) is 15.8 Å². The zero-order valence-electron chi connectivity index (χ0n) is 13.3. The third-order valence-corrected chi connectivity index (χ3v) is 4.26. The molecule has 0 spiro atoms. The number of nitrogens with one attached hydrogen (secondary N) is 2. The van der Waals surface area contributed by atoms with Crippen LogP contribution < -0.4 is 10.6 Å². The monoisotopic (exact) mass is 375 g/mol. The molecule has 25 heavy (non-hydrogen) atoms. The molecule has 1 saturated heterocycles. The number of thioether (sulfide) groups is 1. The number of rotatable bonds is 5. The van der Waals surface area contributed by atoms with Crippen LogP contribution in [0.15, 0.2) is 18.2 Å². The minimum Gasteiger partial charge on any atom is -0.332 e. The molecule has 0 bridgehead atoms. The van der Waals surface area contributed by atoms with Gasteiger partial charge in [-0.1, -0.05) is 11.8 Å². The molecule has 0 aromatic heterocycles. The van der Waals surface area contributed by atoms with Crippen molar-refractivity contribution in [3.05, 3.63) is 23.8 Å². The van der Waals surface area contributed by atoms with Crippen molar-refractivity contribution in [3.63, 3.8) is 0 Å². The molecule has 136 valence electrons. The molecule has 1 fully saturated rings. The molecule has 0 aliphatic carbocycles. The van der Waals surface area contributed by atoms with Crippen molar-refractivity contribution in [3.8, 4) is 0 Å². The first-order valence-electron chi connectivity index (χ1n) is 7.37. The molecule has 1 aliphatic heterocycles. The van der Waals surface area contributed by atoms with Gasteiger partial charge in [-0.05, 0) is 18.2 Å². The van der Waals surface area contributed by atoms with Gasteiger partial charge in [-0.2, -0.15) is 13.2 Å². The van der Waals surface area contributed by atoms with Crippen LogP contribution in [0.5, 0.6) is 0 Å². The smallest absolute Gasteiger partial charge is 0.332 e. The summed E-state index contributed by atoms with van der Waals surface area (Å²) in [6, 6.07) is 3.12. The normalized spacial score (nSPS) is 14.6.